The molecule has 5 heteroatoms. The highest BCUT2D eigenvalue weighted by molar-refractivity contribution is 4.93. The summed E-state index contributed by atoms with van der Waals surface area (Å²) in [5, 5.41) is 0. The molecule has 0 aromatic carbocycles. The van der Waals surface area contributed by atoms with E-state index in [0.29, 0.717) is 62.6 Å². The predicted molar refractivity (Wildman–Crippen MR) is 138 cm³/mol. The summed E-state index contributed by atoms with van der Waals surface area (Å²) in [7, 11) is 0. The highest BCUT2D eigenvalue weighted by Gasteiger charge is 2.15. The summed E-state index contributed by atoms with van der Waals surface area (Å²) >= 11 is 0. The second kappa shape index (κ2) is 20.3. The molecule has 0 fully saturated rings. The van der Waals surface area contributed by atoms with E-state index in [1.54, 1.807) is 6.26 Å². The van der Waals surface area contributed by atoms with Gasteiger partial charge < -0.3 is 23.7 Å². The van der Waals surface area contributed by atoms with Crippen molar-refractivity contribution >= 4 is 0 Å². The summed E-state index contributed by atoms with van der Waals surface area (Å²) in [4.78, 5) is 0. The SMILES string of the molecule is CC/C(C)=C/OCC(C)CO/C=C(\C)COCC(C)COCC(COCC(C)CC)C(C)C. The van der Waals surface area contributed by atoms with Crippen molar-refractivity contribution in [2.75, 3.05) is 52.9 Å². The first kappa shape index (κ1) is 32.0. The van der Waals surface area contributed by atoms with Crippen molar-refractivity contribution in [1.82, 2.24) is 0 Å². The standard InChI is InChI=1S/C28H54O5/c1-10-23(5)12-29-14-25(7)15-30-16-26(8)17-31-18-27(9)19-33-21-28(22(3)4)20-32-13-24(6)11-2/h12,16,22,24-25,27-28H,10-11,13-15,17-21H2,1-9H3/b23-12+,26-16+. The van der Waals surface area contributed by atoms with Crippen molar-refractivity contribution in [2.45, 2.75) is 75.2 Å². The second-order valence-corrected chi connectivity index (χ2v) is 10.3. The Morgan fingerprint density at radius 2 is 1.09 bits per heavy atom. The van der Waals surface area contributed by atoms with E-state index in [9.17, 15) is 0 Å². The van der Waals surface area contributed by atoms with Crippen LogP contribution in [0.2, 0.25) is 0 Å². The van der Waals surface area contributed by atoms with Gasteiger partial charge in [-0.25, -0.2) is 0 Å². The van der Waals surface area contributed by atoms with Gasteiger partial charge in [-0.15, -0.1) is 0 Å². The zero-order valence-corrected chi connectivity index (χ0v) is 23.2. The molecule has 0 aromatic rings. The molecule has 0 saturated carbocycles. The predicted octanol–water partition coefficient (Wildman–Crippen LogP) is 6.88. The van der Waals surface area contributed by atoms with Gasteiger partial charge in [0.1, 0.15) is 0 Å². The van der Waals surface area contributed by atoms with E-state index in [-0.39, 0.29) is 0 Å². The third kappa shape index (κ3) is 19.0. The first-order valence-electron chi connectivity index (χ1n) is 13.0. The van der Waals surface area contributed by atoms with Crippen molar-refractivity contribution < 1.29 is 23.7 Å². The molecule has 0 aliphatic heterocycles. The quantitative estimate of drug-likeness (QED) is 0.171. The summed E-state index contributed by atoms with van der Waals surface area (Å²) < 4.78 is 29.0. The molecule has 4 unspecified atom stereocenters. The molecule has 0 aliphatic rings. The van der Waals surface area contributed by atoms with Crippen molar-refractivity contribution in [3.8, 4) is 0 Å². The fourth-order valence-electron chi connectivity index (χ4n) is 2.74. The monoisotopic (exact) mass is 470 g/mol. The van der Waals surface area contributed by atoms with Crippen LogP contribution in [-0.4, -0.2) is 52.9 Å². The van der Waals surface area contributed by atoms with E-state index in [2.05, 4.69) is 55.4 Å². The number of rotatable bonds is 21. The zero-order valence-electron chi connectivity index (χ0n) is 23.2. The van der Waals surface area contributed by atoms with Gasteiger partial charge in [-0.3, -0.25) is 0 Å². The van der Waals surface area contributed by atoms with E-state index in [0.717, 1.165) is 38.2 Å². The van der Waals surface area contributed by atoms with Crippen LogP contribution in [0, 0.1) is 29.6 Å². The van der Waals surface area contributed by atoms with Gasteiger partial charge in [0.05, 0.1) is 58.8 Å². The van der Waals surface area contributed by atoms with Crippen molar-refractivity contribution in [2.24, 2.45) is 29.6 Å². The van der Waals surface area contributed by atoms with Gasteiger partial charge in [0.2, 0.25) is 0 Å². The Kier molecular flexibility index (Phi) is 19.7. The number of ether oxygens (including phenoxy) is 5. The van der Waals surface area contributed by atoms with Crippen LogP contribution in [0.4, 0.5) is 0 Å². The Balaban J connectivity index is 3.95. The summed E-state index contributed by atoms with van der Waals surface area (Å²) in [5.74, 6) is 2.29. The number of allylic oxidation sites excluding steroid dienone is 1. The number of hydrogen-bond donors (Lipinski definition) is 0. The molecular weight excluding hydrogens is 416 g/mol. The van der Waals surface area contributed by atoms with Crippen molar-refractivity contribution in [3.63, 3.8) is 0 Å². The Hall–Kier alpha value is -1.04. The lowest BCUT2D eigenvalue weighted by Gasteiger charge is -2.23. The van der Waals surface area contributed by atoms with Crippen LogP contribution in [0.25, 0.3) is 0 Å². The van der Waals surface area contributed by atoms with Crippen molar-refractivity contribution in [1.29, 1.82) is 0 Å². The number of hydrogen-bond acceptors (Lipinski definition) is 5. The molecule has 0 heterocycles. The Labute approximate surface area is 205 Å². The Morgan fingerprint density at radius 3 is 1.61 bits per heavy atom. The maximum absolute atomic E-state index is 5.99. The fourth-order valence-corrected chi connectivity index (χ4v) is 2.74. The smallest absolute Gasteiger partial charge is 0.0931 e. The van der Waals surface area contributed by atoms with Crippen LogP contribution < -0.4 is 0 Å². The third-order valence-electron chi connectivity index (χ3n) is 5.73. The fraction of sp³-hybridized carbons (Fsp3) is 0.857. The van der Waals surface area contributed by atoms with E-state index >= 15 is 0 Å². The molecule has 33 heavy (non-hydrogen) atoms. The Morgan fingerprint density at radius 1 is 0.606 bits per heavy atom. The molecular formula is C28H54O5. The largest absolute Gasteiger partial charge is 0.501 e. The summed E-state index contributed by atoms with van der Waals surface area (Å²) in [6, 6.07) is 0. The van der Waals surface area contributed by atoms with Crippen LogP contribution >= 0.6 is 0 Å². The third-order valence-corrected chi connectivity index (χ3v) is 5.73. The molecule has 0 saturated heterocycles. The average molecular weight is 471 g/mol. The molecule has 4 atom stereocenters. The first-order valence-corrected chi connectivity index (χ1v) is 13.0. The first-order chi connectivity index (χ1) is 15.7. The van der Waals surface area contributed by atoms with E-state index < -0.39 is 0 Å². The lowest BCUT2D eigenvalue weighted by molar-refractivity contribution is -0.00543. The molecule has 0 aromatic heterocycles. The lowest BCUT2D eigenvalue weighted by Crippen LogP contribution is -2.25. The average Bonchev–Trinajstić information content (AvgIpc) is 2.77. The molecule has 5 nitrogen and oxygen atoms in total. The minimum Gasteiger partial charge on any atom is -0.501 e. The molecule has 0 rings (SSSR count). The second-order valence-electron chi connectivity index (χ2n) is 10.3. The maximum Gasteiger partial charge on any atom is 0.0931 e. The highest BCUT2D eigenvalue weighted by atomic mass is 16.5. The summed E-state index contributed by atoms with van der Waals surface area (Å²) in [5.41, 5.74) is 2.33. The Bertz CT molecular complexity index is 514. The van der Waals surface area contributed by atoms with Crippen LogP contribution in [0.15, 0.2) is 23.7 Å². The van der Waals surface area contributed by atoms with Gasteiger partial charge in [0, 0.05) is 24.4 Å². The molecule has 0 radical (unpaired) electrons. The van der Waals surface area contributed by atoms with Gasteiger partial charge in [-0.1, -0.05) is 54.9 Å². The minimum absolute atomic E-state index is 0.336. The normalized spacial score (nSPS) is 16.5. The van der Waals surface area contributed by atoms with Crippen LogP contribution in [-0.2, 0) is 23.7 Å². The topological polar surface area (TPSA) is 46.2 Å². The highest BCUT2D eigenvalue weighted by Crippen LogP contribution is 2.14. The van der Waals surface area contributed by atoms with E-state index in [1.807, 2.05) is 13.2 Å². The van der Waals surface area contributed by atoms with Crippen LogP contribution in [0.1, 0.15) is 75.2 Å². The lowest BCUT2D eigenvalue weighted by atomic mass is 9.98. The van der Waals surface area contributed by atoms with Gasteiger partial charge in [0.25, 0.3) is 0 Å². The molecule has 0 amide bonds. The van der Waals surface area contributed by atoms with Crippen LogP contribution in [0.3, 0.4) is 0 Å². The molecule has 0 spiro atoms. The van der Waals surface area contributed by atoms with E-state index in [4.69, 9.17) is 23.7 Å². The van der Waals surface area contributed by atoms with Gasteiger partial charge in [0.15, 0.2) is 0 Å². The molecule has 0 aliphatic carbocycles. The van der Waals surface area contributed by atoms with Gasteiger partial charge >= 0.3 is 0 Å². The summed E-state index contributed by atoms with van der Waals surface area (Å²) in [6.45, 7) is 25.0. The molecule has 0 N–H and O–H groups in total. The zero-order chi connectivity index (χ0) is 25.1. The van der Waals surface area contributed by atoms with Crippen LogP contribution in [0.5, 0.6) is 0 Å². The van der Waals surface area contributed by atoms with Gasteiger partial charge in [-0.05, 0) is 43.3 Å². The molecule has 196 valence electrons. The summed E-state index contributed by atoms with van der Waals surface area (Å²) in [6.07, 6.45) is 5.83. The van der Waals surface area contributed by atoms with Gasteiger partial charge in [-0.2, -0.15) is 0 Å². The van der Waals surface area contributed by atoms with E-state index in [1.165, 1.54) is 5.57 Å². The minimum atomic E-state index is 0.336. The molecule has 0 bridgehead atoms. The van der Waals surface area contributed by atoms with Crippen molar-refractivity contribution in [3.05, 3.63) is 23.7 Å². The maximum atomic E-state index is 5.99.